The van der Waals surface area contributed by atoms with Gasteiger partial charge in [0.25, 0.3) is 0 Å². The molecule has 4 nitrogen and oxygen atoms in total. The van der Waals surface area contributed by atoms with E-state index in [1.54, 1.807) is 0 Å². The van der Waals surface area contributed by atoms with Crippen LogP contribution in [0.25, 0.3) is 0 Å². The number of hydrogen-bond donors (Lipinski definition) is 1. The van der Waals surface area contributed by atoms with E-state index in [1.807, 2.05) is 17.5 Å². The third-order valence-electron chi connectivity index (χ3n) is 3.07. The Hall–Kier alpha value is -0.750. The SMILES string of the molecule is NCCN1CCN(CC(=O)c2cccs2)CC1. The third-order valence-corrected chi connectivity index (χ3v) is 3.98. The molecule has 0 unspecified atom stereocenters. The molecule has 0 radical (unpaired) electrons. The topological polar surface area (TPSA) is 49.6 Å². The molecule has 94 valence electrons. The first-order chi connectivity index (χ1) is 8.29. The number of rotatable bonds is 5. The molecule has 17 heavy (non-hydrogen) atoms. The molecule has 1 aromatic rings. The van der Waals surface area contributed by atoms with Crippen molar-refractivity contribution in [3.63, 3.8) is 0 Å². The summed E-state index contributed by atoms with van der Waals surface area (Å²) in [6.45, 7) is 6.22. The fraction of sp³-hybridized carbons (Fsp3) is 0.583. The minimum absolute atomic E-state index is 0.243. The van der Waals surface area contributed by atoms with Gasteiger partial charge in [0.1, 0.15) is 0 Å². The van der Waals surface area contributed by atoms with E-state index in [9.17, 15) is 4.79 Å². The molecule has 1 saturated heterocycles. The smallest absolute Gasteiger partial charge is 0.186 e. The van der Waals surface area contributed by atoms with Crippen LogP contribution in [0, 0.1) is 0 Å². The maximum Gasteiger partial charge on any atom is 0.186 e. The van der Waals surface area contributed by atoms with Crippen molar-refractivity contribution < 1.29 is 4.79 Å². The minimum Gasteiger partial charge on any atom is -0.329 e. The predicted octanol–water partition coefficient (Wildman–Crippen LogP) is 0.507. The van der Waals surface area contributed by atoms with E-state index in [4.69, 9.17) is 5.73 Å². The van der Waals surface area contributed by atoms with Gasteiger partial charge >= 0.3 is 0 Å². The van der Waals surface area contributed by atoms with Crippen molar-refractivity contribution in [2.75, 3.05) is 45.8 Å². The number of nitrogens with zero attached hydrogens (tertiary/aromatic N) is 2. The van der Waals surface area contributed by atoms with E-state index in [1.165, 1.54) is 11.3 Å². The van der Waals surface area contributed by atoms with Crippen LogP contribution in [0.1, 0.15) is 9.67 Å². The van der Waals surface area contributed by atoms with Crippen molar-refractivity contribution in [3.8, 4) is 0 Å². The molecule has 0 saturated carbocycles. The monoisotopic (exact) mass is 253 g/mol. The zero-order chi connectivity index (χ0) is 12.1. The van der Waals surface area contributed by atoms with Crippen molar-refractivity contribution in [1.82, 2.24) is 9.80 Å². The Bertz CT molecular complexity index is 345. The van der Waals surface area contributed by atoms with Crippen LogP contribution in [0.15, 0.2) is 17.5 Å². The van der Waals surface area contributed by atoms with Gasteiger partial charge in [0.05, 0.1) is 11.4 Å². The Morgan fingerprint density at radius 1 is 1.29 bits per heavy atom. The molecule has 2 heterocycles. The van der Waals surface area contributed by atoms with Gasteiger partial charge in [-0.2, -0.15) is 0 Å². The highest BCUT2D eigenvalue weighted by Crippen LogP contribution is 2.11. The lowest BCUT2D eigenvalue weighted by Crippen LogP contribution is -2.48. The first-order valence-corrected chi connectivity index (χ1v) is 6.89. The average molecular weight is 253 g/mol. The second-order valence-corrected chi connectivity index (χ2v) is 5.25. The number of nitrogens with two attached hydrogens (primary N) is 1. The van der Waals surface area contributed by atoms with Crippen LogP contribution in [0.5, 0.6) is 0 Å². The summed E-state index contributed by atoms with van der Waals surface area (Å²) < 4.78 is 0. The summed E-state index contributed by atoms with van der Waals surface area (Å²) in [7, 11) is 0. The molecule has 2 N–H and O–H groups in total. The van der Waals surface area contributed by atoms with Crippen molar-refractivity contribution in [2.45, 2.75) is 0 Å². The minimum atomic E-state index is 0.243. The van der Waals surface area contributed by atoms with Crippen LogP contribution >= 0.6 is 11.3 Å². The van der Waals surface area contributed by atoms with Crippen LogP contribution in [0.3, 0.4) is 0 Å². The normalized spacial score (nSPS) is 18.4. The number of thiophene rings is 1. The number of ketones is 1. The zero-order valence-electron chi connectivity index (χ0n) is 9.97. The number of carbonyl (C=O) groups is 1. The van der Waals surface area contributed by atoms with Crippen LogP contribution in [-0.4, -0.2) is 61.4 Å². The molecule has 1 aromatic heterocycles. The third kappa shape index (κ3) is 3.61. The highest BCUT2D eigenvalue weighted by atomic mass is 32.1. The maximum atomic E-state index is 11.9. The van der Waals surface area contributed by atoms with E-state index in [-0.39, 0.29) is 5.78 Å². The fourth-order valence-corrected chi connectivity index (χ4v) is 2.73. The molecule has 2 rings (SSSR count). The van der Waals surface area contributed by atoms with Gasteiger partial charge < -0.3 is 5.73 Å². The summed E-state index contributed by atoms with van der Waals surface area (Å²) in [5, 5.41) is 1.95. The highest BCUT2D eigenvalue weighted by Gasteiger charge is 2.19. The van der Waals surface area contributed by atoms with Crippen molar-refractivity contribution in [1.29, 1.82) is 0 Å². The standard InChI is InChI=1S/C12H19N3OS/c13-3-4-14-5-7-15(8-6-14)10-11(16)12-2-1-9-17-12/h1-2,9H,3-8,10,13H2. The molecule has 0 aliphatic carbocycles. The average Bonchev–Trinajstić information content (AvgIpc) is 2.86. The molecular weight excluding hydrogens is 234 g/mol. The Morgan fingerprint density at radius 2 is 2.00 bits per heavy atom. The summed E-state index contributed by atoms with van der Waals surface area (Å²) in [5.41, 5.74) is 5.53. The number of carbonyl (C=O) groups excluding carboxylic acids is 1. The molecule has 1 aliphatic heterocycles. The van der Waals surface area contributed by atoms with Crippen molar-refractivity contribution >= 4 is 17.1 Å². The van der Waals surface area contributed by atoms with E-state index < -0.39 is 0 Å². The van der Waals surface area contributed by atoms with Gasteiger partial charge in [-0.05, 0) is 11.4 Å². The molecule has 0 aromatic carbocycles. The van der Waals surface area contributed by atoms with Gasteiger partial charge in [0, 0.05) is 39.3 Å². The Kier molecular flexibility index (Phi) is 4.67. The lowest BCUT2D eigenvalue weighted by atomic mass is 10.2. The van der Waals surface area contributed by atoms with Gasteiger partial charge in [0.15, 0.2) is 5.78 Å². The molecule has 1 aliphatic rings. The van der Waals surface area contributed by atoms with E-state index in [2.05, 4.69) is 9.80 Å². The molecule has 0 atom stereocenters. The molecule has 5 heteroatoms. The van der Waals surface area contributed by atoms with Gasteiger partial charge in [-0.25, -0.2) is 0 Å². The second kappa shape index (κ2) is 6.26. The van der Waals surface area contributed by atoms with E-state index in [0.717, 1.165) is 37.6 Å². The highest BCUT2D eigenvalue weighted by molar-refractivity contribution is 7.12. The van der Waals surface area contributed by atoms with Gasteiger partial charge in [-0.1, -0.05) is 6.07 Å². The summed E-state index contributed by atoms with van der Waals surface area (Å²) >= 11 is 1.53. The van der Waals surface area contributed by atoms with E-state index >= 15 is 0 Å². The van der Waals surface area contributed by atoms with Gasteiger partial charge in [0.2, 0.25) is 0 Å². The van der Waals surface area contributed by atoms with Crippen LogP contribution in [0.2, 0.25) is 0 Å². The van der Waals surface area contributed by atoms with Gasteiger partial charge in [-0.3, -0.25) is 14.6 Å². The second-order valence-electron chi connectivity index (χ2n) is 4.31. The first-order valence-electron chi connectivity index (χ1n) is 6.01. The Morgan fingerprint density at radius 3 is 2.59 bits per heavy atom. The summed E-state index contributed by atoms with van der Waals surface area (Å²) in [4.78, 5) is 17.4. The largest absolute Gasteiger partial charge is 0.329 e. The number of hydrogen-bond acceptors (Lipinski definition) is 5. The van der Waals surface area contributed by atoms with Crippen LogP contribution in [-0.2, 0) is 0 Å². The molecule has 1 fully saturated rings. The molecule has 0 bridgehead atoms. The predicted molar refractivity (Wildman–Crippen MR) is 70.6 cm³/mol. The Labute approximate surface area is 106 Å². The van der Waals surface area contributed by atoms with Crippen molar-refractivity contribution in [2.24, 2.45) is 5.73 Å². The van der Waals surface area contributed by atoms with Crippen LogP contribution in [0.4, 0.5) is 0 Å². The molecule has 0 spiro atoms. The zero-order valence-corrected chi connectivity index (χ0v) is 10.8. The molecular formula is C12H19N3OS. The molecule has 0 amide bonds. The van der Waals surface area contributed by atoms with Crippen molar-refractivity contribution in [3.05, 3.63) is 22.4 Å². The summed E-state index contributed by atoms with van der Waals surface area (Å²) in [6.07, 6.45) is 0. The van der Waals surface area contributed by atoms with Crippen LogP contribution < -0.4 is 5.73 Å². The quantitative estimate of drug-likeness (QED) is 0.777. The van der Waals surface area contributed by atoms with E-state index in [0.29, 0.717) is 13.1 Å². The lowest BCUT2D eigenvalue weighted by molar-refractivity contribution is 0.0860. The summed E-state index contributed by atoms with van der Waals surface area (Å²) in [5.74, 6) is 0.243. The van der Waals surface area contributed by atoms with Gasteiger partial charge in [-0.15, -0.1) is 11.3 Å². The summed E-state index contributed by atoms with van der Waals surface area (Å²) in [6, 6.07) is 3.83. The number of Topliss-reactive ketones (excluding diaryl/α,β-unsaturated/α-hetero) is 1. The Balaban J connectivity index is 1.76. The number of piperazine rings is 1. The lowest BCUT2D eigenvalue weighted by Gasteiger charge is -2.33. The maximum absolute atomic E-state index is 11.9. The first kappa shape index (κ1) is 12.7. The fourth-order valence-electron chi connectivity index (χ4n) is 2.07.